The van der Waals surface area contributed by atoms with Crippen LogP contribution in [-0.2, 0) is 6.42 Å². The summed E-state index contributed by atoms with van der Waals surface area (Å²) in [6.07, 6.45) is -0.129. The lowest BCUT2D eigenvalue weighted by molar-refractivity contribution is 0.670. The highest BCUT2D eigenvalue weighted by atomic mass is 16.3. The minimum Gasteiger partial charge on any atom is -0.455 e. The molecule has 0 aliphatic carbocycles. The van der Waals surface area contributed by atoms with E-state index in [1.54, 1.807) is 30.3 Å². The molecule has 0 aliphatic rings. The number of para-hydroxylation sites is 1. The first-order valence-corrected chi connectivity index (χ1v) is 18.5. The van der Waals surface area contributed by atoms with E-state index in [0.29, 0.717) is 11.1 Å². The molecule has 0 radical (unpaired) electrons. The molecule has 0 N–H and O–H groups in total. The van der Waals surface area contributed by atoms with Crippen LogP contribution < -0.4 is 0 Å². The third kappa shape index (κ3) is 5.17. The van der Waals surface area contributed by atoms with Crippen molar-refractivity contribution in [3.63, 3.8) is 0 Å². The van der Waals surface area contributed by atoms with Gasteiger partial charge in [-0.15, -0.1) is 0 Å². The molecular weight excluding hydrogens is 701 g/mol. The van der Waals surface area contributed by atoms with Crippen LogP contribution in [0.4, 0.5) is 0 Å². The molecule has 0 aliphatic heterocycles. The Morgan fingerprint density at radius 2 is 1.09 bits per heavy atom. The van der Waals surface area contributed by atoms with Crippen molar-refractivity contribution in [3.05, 3.63) is 217 Å². The van der Waals surface area contributed by atoms with Crippen molar-refractivity contribution in [2.45, 2.75) is 6.42 Å². The summed E-state index contributed by atoms with van der Waals surface area (Å²) in [5.74, 6) is 0. The van der Waals surface area contributed by atoms with Gasteiger partial charge in [0.25, 0.3) is 0 Å². The summed E-state index contributed by atoms with van der Waals surface area (Å²) in [4.78, 5) is 0. The lowest BCUT2D eigenvalue weighted by Crippen LogP contribution is -1.96. The zero-order valence-corrected chi connectivity index (χ0v) is 30.2. The molecule has 58 heavy (non-hydrogen) atoms. The fourth-order valence-electron chi connectivity index (χ4n) is 8.08. The van der Waals surface area contributed by atoms with Crippen LogP contribution in [0.15, 0.2) is 210 Å². The summed E-state index contributed by atoms with van der Waals surface area (Å²) in [6.45, 7) is 0. The zero-order chi connectivity index (χ0) is 55.6. The Bertz CT molecular complexity index is 4690. The molecule has 11 aromatic carbocycles. The number of rotatable bonds is 5. The lowest BCUT2D eigenvalue weighted by atomic mass is 9.85. The van der Waals surface area contributed by atoms with Gasteiger partial charge in [-0.1, -0.05) is 182 Å². The predicted molar refractivity (Wildman–Crippen MR) is 247 cm³/mol. The van der Waals surface area contributed by atoms with Gasteiger partial charge >= 0.3 is 0 Å². The summed E-state index contributed by atoms with van der Waals surface area (Å²) in [6, 6.07) is 11.2. The van der Waals surface area contributed by atoms with Crippen LogP contribution in [0.5, 0.6) is 0 Å². The zero-order valence-electron chi connectivity index (χ0n) is 50.2. The Morgan fingerprint density at radius 1 is 0.397 bits per heavy atom. The molecule has 1 heterocycles. The van der Waals surface area contributed by atoms with E-state index in [9.17, 15) is 17.8 Å². The molecule has 12 rings (SSSR count). The van der Waals surface area contributed by atoms with Crippen molar-refractivity contribution in [3.8, 4) is 33.4 Å². The van der Waals surface area contributed by atoms with Gasteiger partial charge < -0.3 is 4.42 Å². The summed E-state index contributed by atoms with van der Waals surface area (Å²) in [5.41, 5.74) is -1.57. The van der Waals surface area contributed by atoms with Crippen LogP contribution in [0.3, 0.4) is 0 Å². The van der Waals surface area contributed by atoms with Crippen LogP contribution in [0, 0.1) is 0 Å². The Balaban J connectivity index is 1.21. The number of hydrogen-bond acceptors (Lipinski definition) is 1. The highest BCUT2D eigenvalue weighted by Gasteiger charge is 2.18. The Labute approximate surface area is 364 Å². The van der Waals surface area contributed by atoms with Gasteiger partial charge in [0, 0.05) is 16.3 Å². The highest BCUT2D eigenvalue weighted by molar-refractivity contribution is 6.17. The molecule has 12 aromatic rings. The first-order chi connectivity index (χ1) is 37.1. The molecule has 270 valence electrons. The maximum atomic E-state index is 10.0. The quantitative estimate of drug-likeness (QED) is 0.159. The maximum Gasteiger partial charge on any atom is 0.143 e. The number of benzene rings is 11. The molecule has 0 atom stereocenters. The highest BCUT2D eigenvalue weighted by Crippen LogP contribution is 2.43. The molecular formula is C57H36O. The van der Waals surface area contributed by atoms with Crippen LogP contribution in [0.25, 0.3) is 109 Å². The summed E-state index contributed by atoms with van der Waals surface area (Å²) in [5, 5.41) is 0.479. The van der Waals surface area contributed by atoms with E-state index in [4.69, 9.17) is 14.0 Å². The topological polar surface area (TPSA) is 13.1 Å². The normalized spacial score (nSPS) is 16.7. The molecule has 0 fully saturated rings. The molecule has 1 heteroatoms. The third-order valence-electron chi connectivity index (χ3n) is 10.8. The van der Waals surface area contributed by atoms with Crippen molar-refractivity contribution < 1.29 is 31.8 Å². The fraction of sp³-hybridized carbons (Fsp3) is 0.0175. The van der Waals surface area contributed by atoms with E-state index in [1.165, 1.54) is 0 Å². The third-order valence-corrected chi connectivity index (χ3v) is 10.8. The van der Waals surface area contributed by atoms with Crippen LogP contribution in [-0.4, -0.2) is 0 Å². The lowest BCUT2D eigenvalue weighted by Gasteiger charge is -2.18. The average molecular weight is 757 g/mol. The van der Waals surface area contributed by atoms with Crippen molar-refractivity contribution >= 4 is 75.8 Å². The molecule has 1 nitrogen and oxygen atoms in total. The average Bonchev–Trinajstić information content (AvgIpc) is 3.82. The standard InChI is InChI=1S/C57H36O/c1-2-14-38-32-41(27-26-36(38)12-1)47-24-11-25-52-54-35-42(29-31-55(54)58-57(47)52)45-23-10-17-39-33-43(28-30-46(39)45)56-50-21-7-5-19-48(50)53(49-20-6-8-22-51(49)56)34-40-16-9-15-37-13-3-4-18-44(37)40/h1-33,35H,34H2/i5D,6D,7D,8D,10D,11D,17D,19D,20D,21D,22D,23D,24D,25D,28D,29D,30D,31D,33D,35D. The van der Waals surface area contributed by atoms with E-state index < -0.39 is 148 Å². The minimum atomic E-state index is -0.885. The summed E-state index contributed by atoms with van der Waals surface area (Å²) >= 11 is 0. The van der Waals surface area contributed by atoms with Gasteiger partial charge in [0.15, 0.2) is 0 Å². The predicted octanol–water partition coefficient (Wildman–Crippen LogP) is 15.9. The molecule has 0 saturated carbocycles. The van der Waals surface area contributed by atoms with Crippen molar-refractivity contribution in [1.82, 2.24) is 0 Å². The molecule has 1 aromatic heterocycles. The Hall–Kier alpha value is -7.48. The van der Waals surface area contributed by atoms with Crippen molar-refractivity contribution in [1.29, 1.82) is 0 Å². The van der Waals surface area contributed by atoms with E-state index in [1.807, 2.05) is 54.6 Å². The first kappa shape index (κ1) is 18.6. The Kier molecular flexibility index (Phi) is 4.19. The molecule has 0 saturated heterocycles. The molecule has 0 spiro atoms. The van der Waals surface area contributed by atoms with Crippen LogP contribution in [0.2, 0.25) is 0 Å². The molecule has 0 bridgehead atoms. The fourth-order valence-corrected chi connectivity index (χ4v) is 8.08. The number of fused-ring (bicyclic) bond motifs is 8. The SMILES string of the molecule is [2H]c1c(-c2c([2H])c([2H])c([2H])c3c([2H])c(-c4c5c([2H])c([2H])c([2H])c([2H])c5c(Cc5cccc6ccccc56)c5c([2H])c([2H])c([2H])c([2H])c45)c([2H])c([2H])c23)c([2H])c2c(oc3c(-c4ccc5ccccc5c4)c([2H])c([2H])c([2H])c32)c1[2H]. The van der Waals surface area contributed by atoms with E-state index in [0.717, 1.165) is 21.5 Å². The minimum absolute atomic E-state index is 0.0634. The van der Waals surface area contributed by atoms with Gasteiger partial charge in [0.2, 0.25) is 0 Å². The van der Waals surface area contributed by atoms with Gasteiger partial charge in [-0.2, -0.15) is 0 Å². The number of furan rings is 1. The largest absolute Gasteiger partial charge is 0.455 e. The molecule has 0 amide bonds. The summed E-state index contributed by atoms with van der Waals surface area (Å²) < 4.78 is 193. The smallest absolute Gasteiger partial charge is 0.143 e. The van der Waals surface area contributed by atoms with Crippen LogP contribution >= 0.6 is 0 Å². The van der Waals surface area contributed by atoms with Crippen molar-refractivity contribution in [2.75, 3.05) is 0 Å². The van der Waals surface area contributed by atoms with E-state index in [2.05, 4.69) is 0 Å². The summed E-state index contributed by atoms with van der Waals surface area (Å²) in [7, 11) is 0. The Morgan fingerprint density at radius 3 is 1.93 bits per heavy atom. The molecule has 0 unspecified atom stereocenters. The van der Waals surface area contributed by atoms with E-state index in [-0.39, 0.29) is 67.1 Å². The van der Waals surface area contributed by atoms with Gasteiger partial charge in [-0.3, -0.25) is 0 Å². The second kappa shape index (κ2) is 13.0. The van der Waals surface area contributed by atoms with Gasteiger partial charge in [0.1, 0.15) is 11.2 Å². The maximum absolute atomic E-state index is 10.0. The second-order valence-corrected chi connectivity index (χ2v) is 14.0. The second-order valence-electron chi connectivity index (χ2n) is 14.0. The first-order valence-electron chi connectivity index (χ1n) is 28.5. The van der Waals surface area contributed by atoms with Gasteiger partial charge in [-0.25, -0.2) is 0 Å². The van der Waals surface area contributed by atoms with Crippen LogP contribution in [0.1, 0.15) is 38.5 Å². The van der Waals surface area contributed by atoms with Crippen molar-refractivity contribution in [2.24, 2.45) is 0 Å². The number of hydrogen-bond donors (Lipinski definition) is 0. The van der Waals surface area contributed by atoms with Gasteiger partial charge in [-0.05, 0) is 123 Å². The van der Waals surface area contributed by atoms with Gasteiger partial charge in [0.05, 0.1) is 27.4 Å². The monoisotopic (exact) mass is 756 g/mol. The van der Waals surface area contributed by atoms with E-state index >= 15 is 0 Å².